The van der Waals surface area contributed by atoms with Crippen molar-refractivity contribution in [2.75, 3.05) is 0 Å². The van der Waals surface area contributed by atoms with E-state index in [1.165, 1.54) is 152 Å². The second kappa shape index (κ2) is 19.4. The minimum absolute atomic E-state index is 0.868. The van der Waals surface area contributed by atoms with Crippen LogP contribution < -0.4 is 0 Å². The predicted molar refractivity (Wildman–Crippen MR) is 170 cm³/mol. The van der Waals surface area contributed by atoms with Crippen molar-refractivity contribution in [3.63, 3.8) is 0 Å². The third-order valence-corrected chi connectivity index (χ3v) is 9.38. The fraction of sp³-hybridized carbons (Fsp3) is 0.730. The average Bonchev–Trinajstić information content (AvgIpc) is 2.96. The quantitative estimate of drug-likeness (QED) is 0.158. The zero-order valence-electron chi connectivity index (χ0n) is 26.0. The van der Waals surface area contributed by atoms with Crippen LogP contribution in [0.3, 0.4) is 0 Å². The van der Waals surface area contributed by atoms with Crippen LogP contribution in [-0.4, -0.2) is 9.97 Å². The van der Waals surface area contributed by atoms with E-state index < -0.39 is 0 Å². The van der Waals surface area contributed by atoms with Crippen LogP contribution in [0.4, 0.5) is 0 Å². The van der Waals surface area contributed by atoms with Gasteiger partial charge in [0.25, 0.3) is 0 Å². The Morgan fingerprint density at radius 1 is 0.615 bits per heavy atom. The van der Waals surface area contributed by atoms with Crippen molar-refractivity contribution in [3.8, 4) is 11.4 Å². The Hall–Kier alpha value is -1.70. The number of hydrogen-bond acceptors (Lipinski definition) is 2. The highest BCUT2D eigenvalue weighted by Crippen LogP contribution is 2.35. The van der Waals surface area contributed by atoms with Crippen LogP contribution >= 0.6 is 0 Å². The van der Waals surface area contributed by atoms with Crippen LogP contribution in [0.1, 0.15) is 159 Å². The van der Waals surface area contributed by atoms with E-state index in [9.17, 15) is 0 Å². The van der Waals surface area contributed by atoms with Gasteiger partial charge >= 0.3 is 0 Å². The van der Waals surface area contributed by atoms with E-state index in [-0.39, 0.29) is 0 Å². The van der Waals surface area contributed by atoms with Crippen molar-refractivity contribution in [2.45, 2.75) is 162 Å². The van der Waals surface area contributed by atoms with Crippen molar-refractivity contribution in [1.82, 2.24) is 9.97 Å². The lowest BCUT2D eigenvalue weighted by molar-refractivity contribution is 0.248. The zero-order chi connectivity index (χ0) is 27.5. The molecular weight excluding hydrogens is 472 g/mol. The van der Waals surface area contributed by atoms with Gasteiger partial charge in [0.1, 0.15) is 0 Å². The summed E-state index contributed by atoms with van der Waals surface area (Å²) in [5.74, 6) is 2.81. The van der Waals surface area contributed by atoms with Crippen LogP contribution in [0, 0.1) is 18.8 Å². The topological polar surface area (TPSA) is 25.8 Å². The molecule has 1 aliphatic carbocycles. The second-order valence-electron chi connectivity index (χ2n) is 12.8. The monoisotopic (exact) mass is 532 g/mol. The molecule has 0 radical (unpaired) electrons. The number of benzene rings is 1. The molecule has 0 saturated heterocycles. The highest BCUT2D eigenvalue weighted by Gasteiger charge is 2.21. The summed E-state index contributed by atoms with van der Waals surface area (Å²) in [6, 6.07) is 6.89. The van der Waals surface area contributed by atoms with Gasteiger partial charge in [0, 0.05) is 18.0 Å². The second-order valence-corrected chi connectivity index (χ2v) is 12.8. The van der Waals surface area contributed by atoms with Crippen LogP contribution in [0.25, 0.3) is 11.4 Å². The molecule has 1 aromatic heterocycles. The third-order valence-electron chi connectivity index (χ3n) is 9.38. The first-order chi connectivity index (χ1) is 19.2. The van der Waals surface area contributed by atoms with E-state index >= 15 is 0 Å². The highest BCUT2D eigenvalue weighted by molar-refractivity contribution is 5.57. The van der Waals surface area contributed by atoms with Crippen molar-refractivity contribution < 1.29 is 0 Å². The third kappa shape index (κ3) is 12.6. The van der Waals surface area contributed by atoms with Crippen molar-refractivity contribution in [2.24, 2.45) is 11.8 Å². The summed E-state index contributed by atoms with van der Waals surface area (Å²) in [6.07, 6.45) is 34.7. The molecule has 2 heteroatoms. The molecule has 0 amide bonds. The fourth-order valence-corrected chi connectivity index (χ4v) is 6.59. The van der Waals surface area contributed by atoms with Gasteiger partial charge in [0.05, 0.1) is 0 Å². The van der Waals surface area contributed by atoms with Gasteiger partial charge in [-0.3, -0.25) is 0 Å². The van der Waals surface area contributed by atoms with Gasteiger partial charge in [-0.25, -0.2) is 9.97 Å². The maximum absolute atomic E-state index is 4.72. The lowest BCUT2D eigenvalue weighted by atomic mass is 9.77. The molecule has 0 bridgehead atoms. The molecule has 1 aliphatic rings. The SMILES string of the molecule is CCCCCCCCCc1cnc(-c2ccc(CCC3CCC(CCCCCCCCC)CC3)c(C)c2)nc1. The first-order valence-electron chi connectivity index (χ1n) is 17.1. The van der Waals surface area contributed by atoms with Gasteiger partial charge in [-0.15, -0.1) is 0 Å². The van der Waals surface area contributed by atoms with Gasteiger partial charge in [-0.05, 0) is 67.2 Å². The first-order valence-corrected chi connectivity index (χ1v) is 17.1. The molecule has 3 rings (SSSR count). The zero-order valence-corrected chi connectivity index (χ0v) is 26.0. The summed E-state index contributed by atoms with van der Waals surface area (Å²) in [7, 11) is 0. The van der Waals surface area contributed by atoms with E-state index in [2.05, 4.69) is 39.0 Å². The lowest BCUT2D eigenvalue weighted by Crippen LogP contribution is -2.15. The molecule has 0 unspecified atom stereocenters. The summed E-state index contributed by atoms with van der Waals surface area (Å²) >= 11 is 0. The summed E-state index contributed by atoms with van der Waals surface area (Å²) < 4.78 is 0. The summed E-state index contributed by atoms with van der Waals surface area (Å²) in [4.78, 5) is 9.44. The fourth-order valence-electron chi connectivity index (χ4n) is 6.59. The van der Waals surface area contributed by atoms with E-state index in [0.717, 1.165) is 29.6 Å². The van der Waals surface area contributed by atoms with Crippen molar-refractivity contribution in [3.05, 3.63) is 47.3 Å². The molecule has 0 atom stereocenters. The number of rotatable bonds is 20. The predicted octanol–water partition coefficient (Wildman–Crippen LogP) is 11.6. The lowest BCUT2D eigenvalue weighted by Gasteiger charge is -2.28. The molecule has 1 fully saturated rings. The number of unbranched alkanes of at least 4 members (excludes halogenated alkanes) is 12. The number of aromatic nitrogens is 2. The Labute approximate surface area is 242 Å². The van der Waals surface area contributed by atoms with E-state index in [1.807, 2.05) is 12.4 Å². The largest absolute Gasteiger partial charge is 0.236 e. The van der Waals surface area contributed by atoms with E-state index in [4.69, 9.17) is 9.97 Å². The maximum Gasteiger partial charge on any atom is 0.159 e. The molecule has 1 heterocycles. The molecule has 2 aromatic rings. The summed E-state index contributed by atoms with van der Waals surface area (Å²) in [5.41, 5.74) is 5.35. The van der Waals surface area contributed by atoms with Gasteiger partial charge in [-0.1, -0.05) is 142 Å². The molecule has 1 aromatic carbocycles. The summed E-state index contributed by atoms with van der Waals surface area (Å²) in [5, 5.41) is 0. The van der Waals surface area contributed by atoms with Gasteiger partial charge < -0.3 is 0 Å². The number of aryl methyl sites for hydroxylation is 3. The molecule has 0 aliphatic heterocycles. The van der Waals surface area contributed by atoms with Gasteiger partial charge in [-0.2, -0.15) is 0 Å². The van der Waals surface area contributed by atoms with Crippen LogP contribution in [0.2, 0.25) is 0 Å². The van der Waals surface area contributed by atoms with Crippen molar-refractivity contribution in [1.29, 1.82) is 0 Å². The van der Waals surface area contributed by atoms with E-state index in [1.54, 1.807) is 0 Å². The number of hydrogen-bond donors (Lipinski definition) is 0. The minimum atomic E-state index is 0.868. The van der Waals surface area contributed by atoms with Gasteiger partial charge in [0.2, 0.25) is 0 Å². The average molecular weight is 533 g/mol. The van der Waals surface area contributed by atoms with Gasteiger partial charge in [0.15, 0.2) is 5.82 Å². The highest BCUT2D eigenvalue weighted by atomic mass is 14.9. The molecule has 218 valence electrons. The summed E-state index contributed by atoms with van der Waals surface area (Å²) in [6.45, 7) is 6.86. The molecule has 39 heavy (non-hydrogen) atoms. The smallest absolute Gasteiger partial charge is 0.159 e. The molecule has 0 spiro atoms. The Balaban J connectivity index is 1.32. The standard InChI is InChI=1S/C37H60N2/c1-4-6-8-10-12-14-16-18-32-20-22-33(23-21-32)24-25-35-26-27-36(28-31(35)3)37-38-29-34(30-39-37)19-17-15-13-11-9-7-5-2/h26-30,32-33H,4-25H2,1-3H3. The minimum Gasteiger partial charge on any atom is -0.236 e. The van der Waals surface area contributed by atoms with Crippen LogP contribution in [-0.2, 0) is 12.8 Å². The molecule has 2 nitrogen and oxygen atoms in total. The first kappa shape index (κ1) is 31.8. The molecule has 1 saturated carbocycles. The van der Waals surface area contributed by atoms with Crippen LogP contribution in [0.15, 0.2) is 30.6 Å². The van der Waals surface area contributed by atoms with E-state index in [0.29, 0.717) is 0 Å². The normalized spacial score (nSPS) is 17.5. The maximum atomic E-state index is 4.72. The van der Waals surface area contributed by atoms with Crippen LogP contribution in [0.5, 0.6) is 0 Å². The Morgan fingerprint density at radius 3 is 1.74 bits per heavy atom. The Morgan fingerprint density at radius 2 is 1.15 bits per heavy atom. The molecule has 0 N–H and O–H groups in total. The molecular formula is C37H60N2. The Kier molecular flexibility index (Phi) is 15.8. The Bertz CT molecular complexity index is 879. The van der Waals surface area contributed by atoms with Crippen molar-refractivity contribution >= 4 is 0 Å². The number of nitrogens with zero attached hydrogens (tertiary/aromatic N) is 2.